The normalized spacial score (nSPS) is 17.4. The van der Waals surface area contributed by atoms with Gasteiger partial charge in [-0.2, -0.15) is 0 Å². The van der Waals surface area contributed by atoms with Crippen molar-refractivity contribution in [2.24, 2.45) is 5.41 Å². The van der Waals surface area contributed by atoms with Crippen molar-refractivity contribution < 1.29 is 19.4 Å². The number of hydrogen-bond acceptors (Lipinski definition) is 3. The summed E-state index contributed by atoms with van der Waals surface area (Å²) < 4.78 is 5.41. The average Bonchev–Trinajstić information content (AvgIpc) is 2.54. The lowest BCUT2D eigenvalue weighted by Gasteiger charge is -2.30. The molecular weight excluding hydrogens is 292 g/mol. The van der Waals surface area contributed by atoms with Crippen molar-refractivity contribution in [3.8, 4) is 0 Å². The molecule has 0 spiro atoms. The van der Waals surface area contributed by atoms with Gasteiger partial charge in [0.05, 0.1) is 17.6 Å². The summed E-state index contributed by atoms with van der Waals surface area (Å²) in [4.78, 5) is 24.7. The maximum atomic E-state index is 12.7. The van der Waals surface area contributed by atoms with Crippen LogP contribution in [0.1, 0.15) is 85.0 Å². The van der Waals surface area contributed by atoms with Gasteiger partial charge >= 0.3 is 11.9 Å². The minimum atomic E-state index is -1.13. The number of esters is 1. The van der Waals surface area contributed by atoms with Crippen molar-refractivity contribution in [3.63, 3.8) is 0 Å². The van der Waals surface area contributed by atoms with E-state index in [1.54, 1.807) is 6.92 Å². The van der Waals surface area contributed by atoms with Crippen LogP contribution in [0.4, 0.5) is 0 Å². The Morgan fingerprint density at radius 2 is 1.70 bits per heavy atom. The lowest BCUT2D eigenvalue weighted by atomic mass is 9.73. The van der Waals surface area contributed by atoms with Crippen LogP contribution in [0.5, 0.6) is 0 Å². The molecule has 0 heterocycles. The van der Waals surface area contributed by atoms with E-state index in [1.165, 1.54) is 0 Å². The molecule has 0 bridgehead atoms. The van der Waals surface area contributed by atoms with Gasteiger partial charge in [-0.05, 0) is 45.4 Å². The molecule has 1 rings (SSSR count). The number of allylic oxidation sites excluding steroid dienone is 1. The summed E-state index contributed by atoms with van der Waals surface area (Å²) in [6, 6.07) is 0. The van der Waals surface area contributed by atoms with E-state index in [0.29, 0.717) is 18.6 Å². The van der Waals surface area contributed by atoms with Gasteiger partial charge in [-0.1, -0.05) is 45.1 Å². The van der Waals surface area contributed by atoms with Crippen LogP contribution in [0.15, 0.2) is 11.1 Å². The number of hydrogen-bond donors (Lipinski definition) is 1. The molecule has 1 aliphatic rings. The largest absolute Gasteiger partial charge is 0.481 e. The zero-order valence-electron chi connectivity index (χ0n) is 15.0. The molecule has 1 aliphatic carbocycles. The van der Waals surface area contributed by atoms with E-state index in [2.05, 4.69) is 0 Å². The Balaban J connectivity index is 3.14. The summed E-state index contributed by atoms with van der Waals surface area (Å²) in [7, 11) is 0. The minimum Gasteiger partial charge on any atom is -0.481 e. The molecule has 1 saturated carbocycles. The van der Waals surface area contributed by atoms with Gasteiger partial charge in [0, 0.05) is 0 Å². The monoisotopic (exact) mass is 324 g/mol. The molecule has 132 valence electrons. The SMILES string of the molecule is CCCCOC(=O)C(=C1CCCCC1)C(C)(CCCC)C(=O)O. The third kappa shape index (κ3) is 5.36. The van der Waals surface area contributed by atoms with Gasteiger partial charge in [0.25, 0.3) is 0 Å². The number of carbonyl (C=O) groups is 2. The molecule has 23 heavy (non-hydrogen) atoms. The first-order chi connectivity index (χ1) is 11.0. The molecule has 0 amide bonds. The number of carbonyl (C=O) groups excluding carboxylic acids is 1. The molecule has 1 unspecified atom stereocenters. The second-order valence-electron chi connectivity index (χ2n) is 6.77. The number of rotatable bonds is 9. The summed E-state index contributed by atoms with van der Waals surface area (Å²) >= 11 is 0. The Kier molecular flexibility index (Phi) is 8.35. The molecule has 4 heteroatoms. The molecule has 4 nitrogen and oxygen atoms in total. The second kappa shape index (κ2) is 9.74. The Labute approximate surface area is 140 Å². The average molecular weight is 324 g/mol. The smallest absolute Gasteiger partial charge is 0.335 e. The van der Waals surface area contributed by atoms with Crippen LogP contribution in [0.2, 0.25) is 0 Å². The summed E-state index contributed by atoms with van der Waals surface area (Å²) in [5, 5.41) is 9.84. The zero-order chi connectivity index (χ0) is 17.3. The van der Waals surface area contributed by atoms with Crippen LogP contribution < -0.4 is 0 Å². The topological polar surface area (TPSA) is 63.6 Å². The lowest BCUT2D eigenvalue weighted by molar-refractivity contribution is -0.151. The Morgan fingerprint density at radius 3 is 2.22 bits per heavy atom. The van der Waals surface area contributed by atoms with Gasteiger partial charge in [0.2, 0.25) is 0 Å². The molecule has 0 aliphatic heterocycles. The number of ether oxygens (including phenoxy) is 1. The van der Waals surface area contributed by atoms with Crippen LogP contribution in [0.25, 0.3) is 0 Å². The maximum absolute atomic E-state index is 12.7. The highest BCUT2D eigenvalue weighted by Crippen LogP contribution is 2.40. The quantitative estimate of drug-likeness (QED) is 0.373. The van der Waals surface area contributed by atoms with Crippen molar-refractivity contribution >= 4 is 11.9 Å². The van der Waals surface area contributed by atoms with E-state index < -0.39 is 17.4 Å². The Morgan fingerprint density at radius 1 is 1.09 bits per heavy atom. The summed E-state index contributed by atoms with van der Waals surface area (Å²) in [5.74, 6) is -1.32. The molecule has 1 fully saturated rings. The highest BCUT2D eigenvalue weighted by atomic mass is 16.5. The van der Waals surface area contributed by atoms with Gasteiger partial charge in [0.15, 0.2) is 0 Å². The summed E-state index contributed by atoms with van der Waals surface area (Å²) in [6.07, 6.45) is 8.83. The first kappa shape index (κ1) is 19.7. The van der Waals surface area contributed by atoms with E-state index >= 15 is 0 Å². The van der Waals surface area contributed by atoms with Gasteiger partial charge in [-0.15, -0.1) is 0 Å². The highest BCUT2D eigenvalue weighted by molar-refractivity contribution is 5.98. The Hall–Kier alpha value is -1.32. The van der Waals surface area contributed by atoms with Crippen LogP contribution in [-0.2, 0) is 14.3 Å². The first-order valence-corrected chi connectivity index (χ1v) is 9.10. The van der Waals surface area contributed by atoms with Crippen molar-refractivity contribution in [2.75, 3.05) is 6.61 Å². The first-order valence-electron chi connectivity index (χ1n) is 9.10. The minimum absolute atomic E-state index is 0.371. The molecule has 1 N–H and O–H groups in total. The fourth-order valence-corrected chi connectivity index (χ4v) is 3.24. The summed E-state index contributed by atoms with van der Waals surface area (Å²) in [6.45, 7) is 6.14. The maximum Gasteiger partial charge on any atom is 0.335 e. The van der Waals surface area contributed by atoms with Crippen molar-refractivity contribution in [1.29, 1.82) is 0 Å². The van der Waals surface area contributed by atoms with E-state index in [9.17, 15) is 14.7 Å². The molecular formula is C19H32O4. The van der Waals surface area contributed by atoms with E-state index in [1.807, 2.05) is 13.8 Å². The van der Waals surface area contributed by atoms with Crippen molar-refractivity contribution in [2.45, 2.75) is 85.0 Å². The molecule has 0 radical (unpaired) electrons. The standard InChI is InChI=1S/C19H32O4/c1-4-6-13-19(3,18(21)22)16(15-11-9-8-10-12-15)17(20)23-14-7-5-2/h4-14H2,1-3H3,(H,21,22). The zero-order valence-corrected chi connectivity index (χ0v) is 15.0. The molecule has 0 saturated heterocycles. The predicted octanol–water partition coefficient (Wildman–Crippen LogP) is 4.87. The number of carboxylic acid groups (broad SMARTS) is 1. The second-order valence-corrected chi connectivity index (χ2v) is 6.77. The number of unbranched alkanes of at least 4 members (excludes halogenated alkanes) is 2. The van der Waals surface area contributed by atoms with Crippen LogP contribution >= 0.6 is 0 Å². The van der Waals surface area contributed by atoms with Crippen LogP contribution in [0.3, 0.4) is 0 Å². The highest BCUT2D eigenvalue weighted by Gasteiger charge is 2.42. The lowest BCUT2D eigenvalue weighted by Crippen LogP contribution is -2.36. The third-order valence-electron chi connectivity index (χ3n) is 4.80. The Bertz CT molecular complexity index is 431. The van der Waals surface area contributed by atoms with E-state index in [0.717, 1.165) is 63.4 Å². The molecule has 0 aromatic heterocycles. The predicted molar refractivity (Wildman–Crippen MR) is 91.2 cm³/mol. The molecule has 0 aromatic rings. The van der Waals surface area contributed by atoms with Gasteiger partial charge < -0.3 is 9.84 Å². The fourth-order valence-electron chi connectivity index (χ4n) is 3.24. The van der Waals surface area contributed by atoms with Crippen LogP contribution in [0, 0.1) is 5.41 Å². The summed E-state index contributed by atoms with van der Waals surface area (Å²) in [5.41, 5.74) is 0.319. The third-order valence-corrected chi connectivity index (χ3v) is 4.80. The van der Waals surface area contributed by atoms with Crippen molar-refractivity contribution in [3.05, 3.63) is 11.1 Å². The molecule has 1 atom stereocenters. The van der Waals surface area contributed by atoms with Crippen LogP contribution in [-0.4, -0.2) is 23.7 Å². The number of carboxylic acids is 1. The van der Waals surface area contributed by atoms with E-state index in [4.69, 9.17) is 4.74 Å². The number of aliphatic carboxylic acids is 1. The van der Waals surface area contributed by atoms with Gasteiger partial charge in [0.1, 0.15) is 0 Å². The fraction of sp³-hybridized carbons (Fsp3) is 0.789. The van der Waals surface area contributed by atoms with Gasteiger partial charge in [-0.25, -0.2) is 4.79 Å². The van der Waals surface area contributed by atoms with E-state index in [-0.39, 0.29) is 0 Å². The van der Waals surface area contributed by atoms with Gasteiger partial charge in [-0.3, -0.25) is 4.79 Å². The van der Waals surface area contributed by atoms with Crippen molar-refractivity contribution in [1.82, 2.24) is 0 Å². The molecule has 0 aromatic carbocycles.